The Kier molecular flexibility index (Phi) is 11.1. The van der Waals surface area contributed by atoms with Gasteiger partial charge >= 0.3 is 0 Å². The van der Waals surface area contributed by atoms with Crippen molar-refractivity contribution >= 4 is 29.9 Å². The highest BCUT2D eigenvalue weighted by atomic mass is 127. The van der Waals surface area contributed by atoms with Crippen LogP contribution < -0.4 is 10.6 Å². The van der Waals surface area contributed by atoms with Gasteiger partial charge in [-0.05, 0) is 81.4 Å². The normalized spacial score (nSPS) is 16.2. The summed E-state index contributed by atoms with van der Waals surface area (Å²) >= 11 is 0. The molecule has 0 aliphatic carbocycles. The fourth-order valence-corrected chi connectivity index (χ4v) is 3.45. The fraction of sp³-hybridized carbons (Fsp3) is 0.650. The third-order valence-corrected chi connectivity index (χ3v) is 5.02. The quantitative estimate of drug-likeness (QED) is 0.359. The van der Waals surface area contributed by atoms with E-state index >= 15 is 0 Å². The van der Waals surface area contributed by atoms with Crippen LogP contribution in [0.15, 0.2) is 23.2 Å². The average molecular weight is 476 g/mol. The van der Waals surface area contributed by atoms with Gasteiger partial charge in [0.15, 0.2) is 5.96 Å². The zero-order chi connectivity index (χ0) is 18.1. The largest absolute Gasteiger partial charge is 0.356 e. The Bertz CT molecular complexity index is 557. The van der Waals surface area contributed by atoms with Crippen molar-refractivity contribution in [2.45, 2.75) is 39.5 Å². The van der Waals surface area contributed by atoms with Crippen molar-refractivity contribution < 1.29 is 4.39 Å². The zero-order valence-electron chi connectivity index (χ0n) is 16.4. The second-order valence-corrected chi connectivity index (χ2v) is 6.99. The molecule has 1 aliphatic heterocycles. The molecule has 26 heavy (non-hydrogen) atoms. The van der Waals surface area contributed by atoms with Gasteiger partial charge in [0.1, 0.15) is 5.82 Å². The lowest BCUT2D eigenvalue weighted by molar-refractivity contribution is 0.185. The summed E-state index contributed by atoms with van der Waals surface area (Å²) in [6, 6.07) is 4.99. The van der Waals surface area contributed by atoms with E-state index in [0.29, 0.717) is 0 Å². The Morgan fingerprint density at radius 2 is 2.00 bits per heavy atom. The molecular weight excluding hydrogens is 442 g/mol. The van der Waals surface area contributed by atoms with Crippen LogP contribution in [0, 0.1) is 18.7 Å². The fourth-order valence-electron chi connectivity index (χ4n) is 3.45. The monoisotopic (exact) mass is 476 g/mol. The van der Waals surface area contributed by atoms with E-state index in [2.05, 4.69) is 27.4 Å². The molecule has 1 heterocycles. The molecule has 2 rings (SSSR count). The van der Waals surface area contributed by atoms with Crippen LogP contribution in [0.25, 0.3) is 0 Å². The zero-order valence-corrected chi connectivity index (χ0v) is 18.7. The van der Waals surface area contributed by atoms with Crippen LogP contribution in [0.5, 0.6) is 0 Å². The Hall–Kier alpha value is -0.890. The highest BCUT2D eigenvalue weighted by molar-refractivity contribution is 14.0. The smallest absolute Gasteiger partial charge is 0.190 e. The Labute approximate surface area is 175 Å². The number of benzene rings is 1. The van der Waals surface area contributed by atoms with E-state index in [-0.39, 0.29) is 29.8 Å². The third kappa shape index (κ3) is 7.78. The molecule has 0 aromatic heterocycles. The molecule has 1 fully saturated rings. The van der Waals surface area contributed by atoms with Gasteiger partial charge in [-0.3, -0.25) is 4.99 Å². The second kappa shape index (κ2) is 12.5. The predicted molar refractivity (Wildman–Crippen MR) is 119 cm³/mol. The van der Waals surface area contributed by atoms with Crippen LogP contribution in [0.1, 0.15) is 37.3 Å². The molecule has 1 aliphatic rings. The number of aryl methyl sites for hydroxylation is 1. The van der Waals surface area contributed by atoms with Gasteiger partial charge in [-0.2, -0.15) is 0 Å². The van der Waals surface area contributed by atoms with Crippen LogP contribution in [-0.4, -0.2) is 50.6 Å². The van der Waals surface area contributed by atoms with E-state index in [1.165, 1.54) is 50.5 Å². The van der Waals surface area contributed by atoms with Gasteiger partial charge < -0.3 is 15.5 Å². The molecule has 0 unspecified atom stereocenters. The molecular formula is C20H34FIN4. The third-order valence-electron chi connectivity index (χ3n) is 5.02. The van der Waals surface area contributed by atoms with Gasteiger partial charge in [-0.25, -0.2) is 4.39 Å². The van der Waals surface area contributed by atoms with Crippen molar-refractivity contribution in [3.63, 3.8) is 0 Å². The van der Waals surface area contributed by atoms with Crippen molar-refractivity contribution in [2.75, 3.05) is 39.8 Å². The van der Waals surface area contributed by atoms with Crippen LogP contribution in [0.3, 0.4) is 0 Å². The highest BCUT2D eigenvalue weighted by Gasteiger charge is 2.18. The molecule has 0 amide bonds. The molecule has 0 radical (unpaired) electrons. The number of piperidine rings is 1. The topological polar surface area (TPSA) is 39.7 Å². The maximum absolute atomic E-state index is 13.1. The lowest BCUT2D eigenvalue weighted by atomic mass is 9.97. The summed E-state index contributed by atoms with van der Waals surface area (Å²) in [5.74, 6) is 1.42. The number of halogens is 2. The van der Waals surface area contributed by atoms with Crippen LogP contribution >= 0.6 is 24.0 Å². The van der Waals surface area contributed by atoms with Gasteiger partial charge in [-0.15, -0.1) is 24.0 Å². The number of nitrogens with zero attached hydrogens (tertiary/aromatic N) is 2. The van der Waals surface area contributed by atoms with Crippen molar-refractivity contribution in [3.05, 3.63) is 35.1 Å². The lowest BCUT2D eigenvalue weighted by Gasteiger charge is -2.32. The first-order valence-electron chi connectivity index (χ1n) is 9.54. The molecule has 0 spiro atoms. The number of guanidine groups is 1. The molecule has 0 bridgehead atoms. The summed E-state index contributed by atoms with van der Waals surface area (Å²) in [5.41, 5.74) is 2.18. The van der Waals surface area contributed by atoms with Crippen LogP contribution in [0.4, 0.5) is 4.39 Å². The van der Waals surface area contributed by atoms with Crippen molar-refractivity contribution in [1.82, 2.24) is 15.5 Å². The van der Waals surface area contributed by atoms with Gasteiger partial charge in [0.2, 0.25) is 0 Å². The summed E-state index contributed by atoms with van der Waals surface area (Å²) < 4.78 is 13.1. The van der Waals surface area contributed by atoms with E-state index < -0.39 is 0 Å². The van der Waals surface area contributed by atoms with Crippen LogP contribution in [0.2, 0.25) is 0 Å². The Morgan fingerprint density at radius 3 is 2.62 bits per heavy atom. The maximum Gasteiger partial charge on any atom is 0.190 e. The Balaban J connectivity index is 0.00000338. The van der Waals surface area contributed by atoms with E-state index in [1.807, 2.05) is 20.0 Å². The minimum absolute atomic E-state index is 0. The van der Waals surface area contributed by atoms with Crippen molar-refractivity contribution in [3.8, 4) is 0 Å². The minimum Gasteiger partial charge on any atom is -0.356 e. The first-order chi connectivity index (χ1) is 12.1. The Morgan fingerprint density at radius 1 is 1.27 bits per heavy atom. The van der Waals surface area contributed by atoms with Gasteiger partial charge in [0.05, 0.1) is 0 Å². The lowest BCUT2D eigenvalue weighted by Crippen LogP contribution is -2.43. The molecule has 4 nitrogen and oxygen atoms in total. The number of hydrogen-bond acceptors (Lipinski definition) is 2. The summed E-state index contributed by atoms with van der Waals surface area (Å²) in [4.78, 5) is 6.87. The molecule has 0 atom stereocenters. The maximum atomic E-state index is 13.1. The molecule has 0 saturated carbocycles. The average Bonchev–Trinajstić information content (AvgIpc) is 2.61. The standard InChI is InChI=1S/C20H33FN4.HI/c1-4-11-25-12-8-17(9-13-25)15-24-20(22-3)23-10-7-18-5-6-19(21)14-16(18)2;/h5-6,14,17H,4,7-13,15H2,1-3H3,(H2,22,23,24);1H. The molecule has 2 N–H and O–H groups in total. The van der Waals surface area contributed by atoms with Gasteiger partial charge in [-0.1, -0.05) is 13.0 Å². The number of rotatable bonds is 7. The summed E-state index contributed by atoms with van der Waals surface area (Å²) in [5, 5.41) is 6.82. The van der Waals surface area contributed by atoms with E-state index in [4.69, 9.17) is 0 Å². The van der Waals surface area contributed by atoms with E-state index in [1.54, 1.807) is 6.07 Å². The number of likely N-dealkylation sites (tertiary alicyclic amines) is 1. The molecule has 6 heteroatoms. The molecule has 148 valence electrons. The summed E-state index contributed by atoms with van der Waals surface area (Å²) in [6.07, 6.45) is 4.63. The summed E-state index contributed by atoms with van der Waals surface area (Å²) in [6.45, 7) is 9.64. The predicted octanol–water partition coefficient (Wildman–Crippen LogP) is 3.58. The number of nitrogens with one attached hydrogen (secondary N) is 2. The van der Waals surface area contributed by atoms with Crippen molar-refractivity contribution in [1.29, 1.82) is 0 Å². The molecule has 1 saturated heterocycles. The van der Waals surface area contributed by atoms with E-state index in [0.717, 1.165) is 37.0 Å². The second-order valence-electron chi connectivity index (χ2n) is 6.99. The minimum atomic E-state index is -0.170. The number of aliphatic imine (C=N–C) groups is 1. The first kappa shape index (κ1) is 23.1. The molecule has 1 aromatic carbocycles. The van der Waals surface area contributed by atoms with Gasteiger partial charge in [0, 0.05) is 20.1 Å². The number of hydrogen-bond donors (Lipinski definition) is 2. The highest BCUT2D eigenvalue weighted by Crippen LogP contribution is 2.16. The summed E-state index contributed by atoms with van der Waals surface area (Å²) in [7, 11) is 1.81. The van der Waals surface area contributed by atoms with Crippen LogP contribution in [-0.2, 0) is 6.42 Å². The first-order valence-corrected chi connectivity index (χ1v) is 9.54. The van der Waals surface area contributed by atoms with E-state index in [9.17, 15) is 4.39 Å². The molecule has 1 aromatic rings. The van der Waals surface area contributed by atoms with Crippen molar-refractivity contribution in [2.24, 2.45) is 10.9 Å². The SMILES string of the molecule is CCCN1CCC(CNC(=NC)NCCc2ccc(F)cc2C)CC1.I. The van der Waals surface area contributed by atoms with Gasteiger partial charge in [0.25, 0.3) is 0 Å².